The van der Waals surface area contributed by atoms with Crippen molar-refractivity contribution < 1.29 is 18.4 Å². The Morgan fingerprint density at radius 3 is 2.72 bits per heavy atom. The van der Waals surface area contributed by atoms with E-state index in [1.165, 1.54) is 17.9 Å². The van der Waals surface area contributed by atoms with E-state index < -0.39 is 18.0 Å². The van der Waals surface area contributed by atoms with Crippen LogP contribution in [0, 0.1) is 0 Å². The van der Waals surface area contributed by atoms with Gasteiger partial charge in [0, 0.05) is 25.2 Å². The molecule has 6 heteroatoms. The summed E-state index contributed by atoms with van der Waals surface area (Å²) in [5.41, 5.74) is -0.469. The van der Waals surface area contributed by atoms with Gasteiger partial charge in [-0.25, -0.2) is 8.78 Å². The van der Waals surface area contributed by atoms with Crippen LogP contribution < -0.4 is 0 Å². The minimum absolute atomic E-state index is 0.0172. The lowest BCUT2D eigenvalue weighted by atomic mass is 9.93. The average Bonchev–Trinajstić information content (AvgIpc) is 2.69. The first-order valence-corrected chi connectivity index (χ1v) is 5.80. The van der Waals surface area contributed by atoms with E-state index in [1.807, 2.05) is 6.92 Å². The highest BCUT2D eigenvalue weighted by atomic mass is 19.3. The second-order valence-electron chi connectivity index (χ2n) is 4.13. The van der Waals surface area contributed by atoms with Crippen molar-refractivity contribution in [3.8, 4) is 0 Å². The minimum atomic E-state index is -2.79. The summed E-state index contributed by atoms with van der Waals surface area (Å²) in [6.45, 7) is 1.91. The van der Waals surface area contributed by atoms with Crippen LogP contribution in [0.4, 0.5) is 8.78 Å². The van der Waals surface area contributed by atoms with Crippen LogP contribution in [0.25, 0.3) is 0 Å². The van der Waals surface area contributed by atoms with Crippen molar-refractivity contribution in [1.82, 2.24) is 9.78 Å². The normalized spacial score (nSPS) is 12.7. The number of aromatic nitrogens is 2. The Kier molecular flexibility index (Phi) is 5.12. The third-order valence-electron chi connectivity index (χ3n) is 2.69. The number of ketones is 1. The maximum atomic E-state index is 12.7. The molecule has 100 valence electrons. The number of alkyl halides is 2. The molecule has 0 bridgehead atoms. The highest BCUT2D eigenvalue weighted by Gasteiger charge is 2.28. The van der Waals surface area contributed by atoms with Gasteiger partial charge >= 0.3 is 0 Å². The lowest BCUT2D eigenvalue weighted by Crippen LogP contribution is -2.15. The molecule has 4 nitrogen and oxygen atoms in total. The zero-order chi connectivity index (χ0) is 13.7. The van der Waals surface area contributed by atoms with Gasteiger partial charge in [0.2, 0.25) is 0 Å². The van der Waals surface area contributed by atoms with E-state index in [-0.39, 0.29) is 17.8 Å². The van der Waals surface area contributed by atoms with Crippen LogP contribution in [-0.4, -0.2) is 21.8 Å². The molecule has 0 spiro atoms. The number of halogens is 2. The van der Waals surface area contributed by atoms with E-state index in [9.17, 15) is 18.4 Å². The molecule has 0 N–H and O–H groups in total. The molecule has 1 atom stereocenters. The molecule has 0 aliphatic heterocycles. The van der Waals surface area contributed by atoms with Crippen LogP contribution in [0.15, 0.2) is 6.20 Å². The lowest BCUT2D eigenvalue weighted by Gasteiger charge is -2.08. The number of nitrogens with zero attached hydrogens (tertiary/aromatic N) is 2. The van der Waals surface area contributed by atoms with E-state index in [0.29, 0.717) is 12.7 Å². The summed E-state index contributed by atoms with van der Waals surface area (Å²) in [5.74, 6) is -1.46. The number of Topliss-reactive ketones (excluding diaryl/α,β-unsaturated/α-hetero) is 1. The number of hydrogen-bond donors (Lipinski definition) is 0. The Hall–Kier alpha value is -1.59. The van der Waals surface area contributed by atoms with Crippen molar-refractivity contribution >= 4 is 12.1 Å². The van der Waals surface area contributed by atoms with Crippen molar-refractivity contribution in [3.63, 3.8) is 0 Å². The summed E-state index contributed by atoms with van der Waals surface area (Å²) in [5, 5.41) is 3.60. The van der Waals surface area contributed by atoms with Gasteiger partial charge in [0.25, 0.3) is 6.43 Å². The number of aldehydes is 1. The molecule has 1 rings (SSSR count). The Morgan fingerprint density at radius 2 is 2.22 bits per heavy atom. The van der Waals surface area contributed by atoms with E-state index in [1.54, 1.807) is 0 Å². The van der Waals surface area contributed by atoms with Gasteiger partial charge in [-0.15, -0.1) is 0 Å². The third-order valence-corrected chi connectivity index (χ3v) is 2.69. The molecular weight excluding hydrogens is 242 g/mol. The average molecular weight is 258 g/mol. The van der Waals surface area contributed by atoms with Gasteiger partial charge in [-0.3, -0.25) is 9.48 Å². The van der Waals surface area contributed by atoms with Gasteiger partial charge in [0.15, 0.2) is 0 Å². The number of aryl methyl sites for hydroxylation is 1. The molecule has 18 heavy (non-hydrogen) atoms. The highest BCUT2D eigenvalue weighted by molar-refractivity contribution is 5.99. The van der Waals surface area contributed by atoms with E-state index >= 15 is 0 Å². The fourth-order valence-corrected chi connectivity index (χ4v) is 1.76. The van der Waals surface area contributed by atoms with Crippen molar-refractivity contribution in [2.24, 2.45) is 7.05 Å². The highest BCUT2D eigenvalue weighted by Crippen LogP contribution is 2.27. The lowest BCUT2D eigenvalue weighted by molar-refractivity contribution is -0.124. The minimum Gasteiger partial charge on any atom is -0.302 e. The first-order chi connectivity index (χ1) is 8.51. The maximum Gasteiger partial charge on any atom is 0.282 e. The molecule has 1 aromatic heterocycles. The summed E-state index contributed by atoms with van der Waals surface area (Å²) in [4.78, 5) is 22.8. The Labute approximate surface area is 104 Å². The predicted octanol–water partition coefficient (Wildman–Crippen LogP) is 2.40. The summed E-state index contributed by atoms with van der Waals surface area (Å²) in [6, 6.07) is 0. The molecule has 0 saturated carbocycles. The van der Waals surface area contributed by atoms with Crippen molar-refractivity contribution in [2.45, 2.75) is 38.5 Å². The van der Waals surface area contributed by atoms with E-state index in [2.05, 4.69) is 5.10 Å². The number of carbonyl (C=O) groups excluding carboxylic acids is 2. The number of hydrogen-bond acceptors (Lipinski definition) is 3. The molecule has 0 radical (unpaired) electrons. The molecule has 0 saturated heterocycles. The van der Waals surface area contributed by atoms with Crippen LogP contribution in [-0.2, 0) is 16.6 Å². The van der Waals surface area contributed by atoms with Crippen LogP contribution in [0.5, 0.6) is 0 Å². The molecular formula is C12H16F2N2O2. The van der Waals surface area contributed by atoms with Gasteiger partial charge in [0.1, 0.15) is 23.7 Å². The van der Waals surface area contributed by atoms with Crippen molar-refractivity contribution in [3.05, 3.63) is 17.5 Å². The van der Waals surface area contributed by atoms with Crippen molar-refractivity contribution in [2.75, 3.05) is 0 Å². The van der Waals surface area contributed by atoms with Crippen LogP contribution in [0.1, 0.15) is 49.8 Å². The second kappa shape index (κ2) is 6.37. The summed E-state index contributed by atoms with van der Waals surface area (Å²) >= 11 is 0. The third kappa shape index (κ3) is 3.21. The largest absolute Gasteiger partial charge is 0.302 e. The standard InChI is InChI=1S/C12H16F2N2O2/c1-3-4-5-10(18)9(7-17)8-6-16(2)15-11(8)12(13)14/h6-7,9,12H,3-5H2,1-2H3. The molecule has 0 aliphatic carbocycles. The monoisotopic (exact) mass is 258 g/mol. The van der Waals surface area contributed by atoms with Crippen LogP contribution in [0.2, 0.25) is 0 Å². The van der Waals surface area contributed by atoms with Gasteiger partial charge in [-0.2, -0.15) is 5.10 Å². The molecule has 1 aromatic rings. The summed E-state index contributed by atoms with van der Waals surface area (Å²) < 4.78 is 26.7. The van der Waals surface area contributed by atoms with Gasteiger partial charge in [-0.05, 0) is 6.42 Å². The number of carbonyl (C=O) groups is 2. The first-order valence-electron chi connectivity index (χ1n) is 5.80. The molecule has 1 heterocycles. The smallest absolute Gasteiger partial charge is 0.282 e. The van der Waals surface area contributed by atoms with E-state index in [0.717, 1.165) is 6.42 Å². The van der Waals surface area contributed by atoms with Gasteiger partial charge < -0.3 is 4.79 Å². The number of rotatable bonds is 7. The molecule has 0 amide bonds. The Bertz CT molecular complexity index is 430. The Balaban J connectivity index is 3.01. The van der Waals surface area contributed by atoms with E-state index in [4.69, 9.17) is 0 Å². The quantitative estimate of drug-likeness (QED) is 0.557. The topological polar surface area (TPSA) is 52.0 Å². The zero-order valence-corrected chi connectivity index (χ0v) is 10.4. The molecule has 1 unspecified atom stereocenters. The maximum absolute atomic E-state index is 12.7. The fourth-order valence-electron chi connectivity index (χ4n) is 1.76. The second-order valence-corrected chi connectivity index (χ2v) is 4.13. The van der Waals surface area contributed by atoms with Crippen LogP contribution in [0.3, 0.4) is 0 Å². The summed E-state index contributed by atoms with van der Waals surface area (Å²) in [6.07, 6.45) is 0.616. The Morgan fingerprint density at radius 1 is 1.56 bits per heavy atom. The SMILES string of the molecule is CCCCC(=O)C(C=O)c1cn(C)nc1C(F)F. The fraction of sp³-hybridized carbons (Fsp3) is 0.583. The summed E-state index contributed by atoms with van der Waals surface area (Å²) in [7, 11) is 1.48. The molecule has 0 fully saturated rings. The zero-order valence-electron chi connectivity index (χ0n) is 10.4. The van der Waals surface area contributed by atoms with Crippen LogP contribution >= 0.6 is 0 Å². The molecule has 0 aromatic carbocycles. The van der Waals surface area contributed by atoms with Gasteiger partial charge in [0.05, 0.1) is 0 Å². The van der Waals surface area contributed by atoms with Gasteiger partial charge in [-0.1, -0.05) is 13.3 Å². The number of unbranched alkanes of at least 4 members (excludes halogenated alkanes) is 1. The van der Waals surface area contributed by atoms with Crippen molar-refractivity contribution in [1.29, 1.82) is 0 Å². The predicted molar refractivity (Wildman–Crippen MR) is 61.5 cm³/mol. The molecule has 0 aliphatic rings. The first kappa shape index (κ1) is 14.5.